The van der Waals surface area contributed by atoms with Crippen LogP contribution in [0.3, 0.4) is 0 Å². The minimum atomic E-state index is -0.799. The van der Waals surface area contributed by atoms with Gasteiger partial charge in [0.2, 0.25) is 0 Å². The Morgan fingerprint density at radius 1 is 1.48 bits per heavy atom. The first-order valence-corrected chi connectivity index (χ1v) is 7.76. The number of imidazole rings is 1. The van der Waals surface area contributed by atoms with Crippen LogP contribution < -0.4 is 5.32 Å². The van der Waals surface area contributed by atoms with E-state index in [1.165, 1.54) is 0 Å². The van der Waals surface area contributed by atoms with Crippen LogP contribution >= 0.6 is 0 Å². The second-order valence-electron chi connectivity index (χ2n) is 5.94. The Bertz CT molecular complexity index is 474. The van der Waals surface area contributed by atoms with E-state index in [9.17, 15) is 9.90 Å². The van der Waals surface area contributed by atoms with Gasteiger partial charge in [-0.25, -0.2) is 4.98 Å². The molecule has 21 heavy (non-hydrogen) atoms. The molecule has 1 atom stereocenters. The van der Waals surface area contributed by atoms with Gasteiger partial charge >= 0.3 is 5.97 Å². The van der Waals surface area contributed by atoms with E-state index in [4.69, 9.17) is 0 Å². The third-order valence-corrected chi connectivity index (χ3v) is 4.26. The molecule has 0 aliphatic carbocycles. The van der Waals surface area contributed by atoms with E-state index in [1.54, 1.807) is 6.92 Å². The first kappa shape index (κ1) is 16.0. The maximum absolute atomic E-state index is 11.3. The Balaban J connectivity index is 1.71. The Kier molecular flexibility index (Phi) is 5.36. The summed E-state index contributed by atoms with van der Waals surface area (Å²) < 4.78 is 2.20. The van der Waals surface area contributed by atoms with Gasteiger partial charge in [0.1, 0.15) is 11.4 Å². The number of hydrogen-bond acceptors (Lipinski definition) is 4. The molecule has 0 amide bonds. The number of carboxylic acids is 1. The number of carboxylic acid groups (broad SMARTS) is 1. The van der Waals surface area contributed by atoms with Crippen LogP contribution in [0.5, 0.6) is 0 Å². The number of nitrogens with zero attached hydrogens (tertiary/aromatic N) is 3. The highest BCUT2D eigenvalue weighted by Gasteiger charge is 2.31. The Morgan fingerprint density at radius 3 is 3.00 bits per heavy atom. The van der Waals surface area contributed by atoms with Crippen molar-refractivity contribution in [3.63, 3.8) is 0 Å². The fraction of sp³-hybridized carbons (Fsp3) is 0.733. The maximum atomic E-state index is 11.3. The second kappa shape index (κ2) is 7.04. The van der Waals surface area contributed by atoms with E-state index in [0.29, 0.717) is 13.0 Å². The van der Waals surface area contributed by atoms with Gasteiger partial charge in [0.25, 0.3) is 0 Å². The van der Waals surface area contributed by atoms with Crippen molar-refractivity contribution in [2.75, 3.05) is 19.6 Å². The summed E-state index contributed by atoms with van der Waals surface area (Å²) in [4.78, 5) is 18.1. The molecule has 1 aliphatic rings. The molecule has 0 saturated heterocycles. The summed E-state index contributed by atoms with van der Waals surface area (Å²) in [5, 5.41) is 12.4. The van der Waals surface area contributed by atoms with Crippen LogP contribution in [0.1, 0.15) is 38.9 Å². The number of hydrogen-bond donors (Lipinski definition) is 2. The largest absolute Gasteiger partial charge is 0.480 e. The number of aromatic nitrogens is 2. The highest BCUT2D eigenvalue weighted by Crippen LogP contribution is 2.16. The Hall–Kier alpha value is -1.40. The molecular weight excluding hydrogens is 268 g/mol. The lowest BCUT2D eigenvalue weighted by Gasteiger charge is -2.29. The van der Waals surface area contributed by atoms with Crippen LogP contribution in [-0.2, 0) is 17.9 Å². The number of unbranched alkanes of at least 4 members (excludes halogenated alkanes) is 1. The first-order valence-electron chi connectivity index (χ1n) is 7.76. The molecule has 0 bridgehead atoms. The maximum Gasteiger partial charge on any atom is 0.323 e. The van der Waals surface area contributed by atoms with E-state index in [0.717, 1.165) is 44.8 Å². The van der Waals surface area contributed by atoms with Gasteiger partial charge < -0.3 is 15.0 Å². The third-order valence-electron chi connectivity index (χ3n) is 4.26. The first-order chi connectivity index (χ1) is 10.0. The van der Waals surface area contributed by atoms with Crippen molar-refractivity contribution in [1.29, 1.82) is 0 Å². The molecule has 0 spiro atoms. The Labute approximate surface area is 126 Å². The molecule has 2 rings (SSSR count). The van der Waals surface area contributed by atoms with Crippen molar-refractivity contribution >= 4 is 5.97 Å². The van der Waals surface area contributed by atoms with E-state index < -0.39 is 11.5 Å². The molecule has 6 heteroatoms. The SMILES string of the molecule is CCNC(C)(CCCCN1CCn2ccnc2C1)C(=O)O. The quantitative estimate of drug-likeness (QED) is 0.708. The second-order valence-corrected chi connectivity index (χ2v) is 5.94. The van der Waals surface area contributed by atoms with Gasteiger partial charge in [0, 0.05) is 25.5 Å². The monoisotopic (exact) mass is 294 g/mol. The highest BCUT2D eigenvalue weighted by molar-refractivity contribution is 5.78. The zero-order chi connectivity index (χ0) is 15.3. The molecular formula is C15H26N4O2. The molecule has 0 radical (unpaired) electrons. The minimum Gasteiger partial charge on any atom is -0.480 e. The van der Waals surface area contributed by atoms with Gasteiger partial charge in [-0.05, 0) is 39.3 Å². The fourth-order valence-electron chi connectivity index (χ4n) is 2.89. The summed E-state index contributed by atoms with van der Waals surface area (Å²) in [6.07, 6.45) is 6.49. The predicted octanol–water partition coefficient (Wildman–Crippen LogP) is 1.32. The number of fused-ring (bicyclic) bond motifs is 1. The van der Waals surface area contributed by atoms with Gasteiger partial charge in [-0.1, -0.05) is 6.92 Å². The van der Waals surface area contributed by atoms with Crippen LogP contribution in [0.15, 0.2) is 12.4 Å². The minimum absolute atomic E-state index is 0.665. The summed E-state index contributed by atoms with van der Waals surface area (Å²) >= 11 is 0. The van der Waals surface area contributed by atoms with Gasteiger partial charge in [0.15, 0.2) is 0 Å². The number of carbonyl (C=O) groups is 1. The van der Waals surface area contributed by atoms with E-state index >= 15 is 0 Å². The van der Waals surface area contributed by atoms with Crippen molar-refractivity contribution in [2.24, 2.45) is 0 Å². The summed E-state index contributed by atoms with van der Waals surface area (Å²) in [7, 11) is 0. The zero-order valence-corrected chi connectivity index (χ0v) is 13.0. The van der Waals surface area contributed by atoms with Crippen LogP contribution in [0.4, 0.5) is 0 Å². The molecule has 0 fully saturated rings. The van der Waals surface area contributed by atoms with Crippen molar-refractivity contribution in [3.05, 3.63) is 18.2 Å². The molecule has 1 unspecified atom stereocenters. The predicted molar refractivity (Wildman–Crippen MR) is 81.1 cm³/mol. The molecule has 1 aliphatic heterocycles. The highest BCUT2D eigenvalue weighted by atomic mass is 16.4. The summed E-state index contributed by atoms with van der Waals surface area (Å²) in [6, 6.07) is 0. The van der Waals surface area contributed by atoms with E-state index in [1.807, 2.05) is 19.3 Å². The fourth-order valence-corrected chi connectivity index (χ4v) is 2.89. The number of rotatable bonds is 8. The molecule has 0 aromatic carbocycles. The molecule has 1 aromatic heterocycles. The van der Waals surface area contributed by atoms with Crippen LogP contribution in [0.25, 0.3) is 0 Å². The number of nitrogens with one attached hydrogen (secondary N) is 1. The summed E-state index contributed by atoms with van der Waals surface area (Å²) in [6.45, 7) is 8.35. The lowest BCUT2D eigenvalue weighted by molar-refractivity contribution is -0.144. The average molecular weight is 294 g/mol. The van der Waals surface area contributed by atoms with Crippen molar-refractivity contribution < 1.29 is 9.90 Å². The lowest BCUT2D eigenvalue weighted by Crippen LogP contribution is -2.49. The smallest absolute Gasteiger partial charge is 0.323 e. The third kappa shape index (κ3) is 4.04. The Morgan fingerprint density at radius 2 is 2.29 bits per heavy atom. The lowest BCUT2D eigenvalue weighted by atomic mass is 9.95. The molecule has 118 valence electrons. The average Bonchev–Trinajstić information content (AvgIpc) is 2.91. The molecule has 2 heterocycles. The summed E-state index contributed by atoms with van der Waals surface area (Å²) in [5.74, 6) is 0.369. The van der Waals surface area contributed by atoms with Crippen molar-refractivity contribution in [2.45, 2.75) is 51.7 Å². The normalized spacial score (nSPS) is 18.2. The summed E-state index contributed by atoms with van der Waals surface area (Å²) in [5.41, 5.74) is -0.799. The van der Waals surface area contributed by atoms with Crippen LogP contribution in [0, 0.1) is 0 Å². The van der Waals surface area contributed by atoms with Gasteiger partial charge in [0.05, 0.1) is 6.54 Å². The molecule has 6 nitrogen and oxygen atoms in total. The van der Waals surface area contributed by atoms with Gasteiger partial charge in [-0.3, -0.25) is 9.69 Å². The number of aliphatic carboxylic acids is 1. The van der Waals surface area contributed by atoms with E-state index in [2.05, 4.69) is 19.8 Å². The van der Waals surface area contributed by atoms with E-state index in [-0.39, 0.29) is 0 Å². The van der Waals surface area contributed by atoms with Gasteiger partial charge in [-0.2, -0.15) is 0 Å². The standard InChI is InChI=1S/C15H26N4O2/c1-3-17-15(2,14(20)21)6-4-5-8-18-10-11-19-9-7-16-13(19)12-18/h7,9,17H,3-6,8,10-12H2,1-2H3,(H,20,21). The molecule has 0 saturated carbocycles. The number of likely N-dealkylation sites (N-methyl/N-ethyl adjacent to an activating group) is 1. The molecule has 2 N–H and O–H groups in total. The van der Waals surface area contributed by atoms with Crippen LogP contribution in [0.2, 0.25) is 0 Å². The van der Waals surface area contributed by atoms with Gasteiger partial charge in [-0.15, -0.1) is 0 Å². The zero-order valence-electron chi connectivity index (χ0n) is 13.0. The van der Waals surface area contributed by atoms with Crippen LogP contribution in [-0.4, -0.2) is 50.7 Å². The van der Waals surface area contributed by atoms with Crippen molar-refractivity contribution in [3.8, 4) is 0 Å². The topological polar surface area (TPSA) is 70.4 Å². The van der Waals surface area contributed by atoms with Crippen molar-refractivity contribution in [1.82, 2.24) is 19.8 Å². The molecule has 1 aromatic rings.